The number of nitrogens with zero attached hydrogens (tertiary/aromatic N) is 2. The van der Waals surface area contributed by atoms with E-state index in [2.05, 4.69) is 106 Å². The standard InChI is InChI=1S/C21H11Br6N3O3/c22-11-4-1-5-12(23)19(11)31-17-10-18(32-20-13(24)6-2-7-14(20)25)29-30(28-17)33-21-15(26)8-3-9-16(21)27/h1-10,28H. The Labute approximate surface area is 240 Å². The summed E-state index contributed by atoms with van der Waals surface area (Å²) in [6.45, 7) is 0. The number of nitrogens with one attached hydrogen (secondary N) is 1. The van der Waals surface area contributed by atoms with Crippen LogP contribution in [0.4, 0.5) is 0 Å². The second-order valence-electron chi connectivity index (χ2n) is 6.28. The first-order valence-corrected chi connectivity index (χ1v) is 13.8. The van der Waals surface area contributed by atoms with Gasteiger partial charge < -0.3 is 14.3 Å². The van der Waals surface area contributed by atoms with Crippen LogP contribution in [0.1, 0.15) is 0 Å². The van der Waals surface area contributed by atoms with Crippen molar-refractivity contribution in [1.29, 1.82) is 0 Å². The van der Waals surface area contributed by atoms with Gasteiger partial charge in [0.15, 0.2) is 17.2 Å². The highest BCUT2D eigenvalue weighted by atomic mass is 79.9. The van der Waals surface area contributed by atoms with Crippen LogP contribution < -0.4 is 19.7 Å². The third-order valence-electron chi connectivity index (χ3n) is 4.00. The Morgan fingerprint density at radius 2 is 1.03 bits per heavy atom. The smallest absolute Gasteiger partial charge is 0.247 e. The lowest BCUT2D eigenvalue weighted by atomic mass is 10.3. The molecule has 0 saturated carbocycles. The van der Waals surface area contributed by atoms with Crippen LogP contribution in [-0.4, -0.2) is 11.2 Å². The molecular weight excluding hydrogens is 822 g/mol. The van der Waals surface area contributed by atoms with Crippen molar-refractivity contribution in [2.45, 2.75) is 0 Å². The van der Waals surface area contributed by atoms with E-state index in [1.54, 1.807) is 6.08 Å². The summed E-state index contributed by atoms with van der Waals surface area (Å²) in [6.07, 6.45) is 1.62. The molecule has 1 aliphatic rings. The lowest BCUT2D eigenvalue weighted by Gasteiger charge is -2.26. The number of hydrogen-bond donors (Lipinski definition) is 1. The molecule has 0 fully saturated rings. The van der Waals surface area contributed by atoms with Crippen LogP contribution in [0.25, 0.3) is 0 Å². The third kappa shape index (κ3) is 6.15. The minimum absolute atomic E-state index is 0.225. The zero-order chi connectivity index (χ0) is 23.5. The van der Waals surface area contributed by atoms with Gasteiger partial charge in [0.25, 0.3) is 0 Å². The molecule has 0 unspecified atom stereocenters. The summed E-state index contributed by atoms with van der Waals surface area (Å²) < 4.78 is 16.7. The van der Waals surface area contributed by atoms with E-state index in [4.69, 9.17) is 14.3 Å². The summed E-state index contributed by atoms with van der Waals surface area (Å²) >= 11 is 21.0. The molecule has 170 valence electrons. The van der Waals surface area contributed by atoms with Gasteiger partial charge in [0.1, 0.15) is 0 Å². The maximum Gasteiger partial charge on any atom is 0.247 e. The Bertz CT molecular complexity index is 1210. The van der Waals surface area contributed by atoms with Gasteiger partial charge in [-0.05, 0) is 137 Å². The van der Waals surface area contributed by atoms with Crippen molar-refractivity contribution in [1.82, 2.24) is 10.7 Å². The number of halogens is 6. The van der Waals surface area contributed by atoms with Crippen LogP contribution in [0.2, 0.25) is 0 Å². The highest BCUT2D eigenvalue weighted by Gasteiger charge is 2.22. The van der Waals surface area contributed by atoms with Crippen molar-refractivity contribution in [3.05, 3.63) is 93.4 Å². The molecule has 0 bridgehead atoms. The molecular formula is C21H11Br6N3O3. The van der Waals surface area contributed by atoms with Crippen molar-refractivity contribution in [3.8, 4) is 17.2 Å². The fraction of sp³-hybridized carbons (Fsp3) is 0. The van der Waals surface area contributed by atoms with Gasteiger partial charge in [0.2, 0.25) is 11.8 Å². The Balaban J connectivity index is 1.68. The molecule has 33 heavy (non-hydrogen) atoms. The lowest BCUT2D eigenvalue weighted by Crippen LogP contribution is -2.42. The summed E-state index contributed by atoms with van der Waals surface area (Å²) in [5.41, 5.74) is 2.98. The fourth-order valence-electron chi connectivity index (χ4n) is 2.56. The Kier molecular flexibility index (Phi) is 8.45. The van der Waals surface area contributed by atoms with Gasteiger partial charge in [-0.2, -0.15) is 0 Å². The average Bonchev–Trinajstić information content (AvgIpc) is 2.76. The van der Waals surface area contributed by atoms with Crippen molar-refractivity contribution in [2.75, 3.05) is 0 Å². The molecule has 4 rings (SSSR count). The molecule has 0 amide bonds. The average molecular weight is 833 g/mol. The summed E-state index contributed by atoms with van der Waals surface area (Å²) in [6, 6.07) is 16.9. The van der Waals surface area contributed by atoms with E-state index in [0.717, 1.165) is 32.1 Å². The van der Waals surface area contributed by atoms with E-state index in [1.165, 1.54) is 0 Å². The van der Waals surface area contributed by atoms with E-state index in [0.29, 0.717) is 23.1 Å². The van der Waals surface area contributed by atoms with Gasteiger partial charge in [-0.15, -0.1) is 0 Å². The van der Waals surface area contributed by atoms with Gasteiger partial charge in [0.05, 0.1) is 32.9 Å². The maximum absolute atomic E-state index is 6.10. The highest BCUT2D eigenvalue weighted by Crippen LogP contribution is 2.37. The topological polar surface area (TPSA) is 55.3 Å². The van der Waals surface area contributed by atoms with Gasteiger partial charge in [-0.25, -0.2) is 5.43 Å². The number of benzene rings is 3. The summed E-state index contributed by atoms with van der Waals surface area (Å²) in [5, 5.41) is 5.56. The van der Waals surface area contributed by atoms with Crippen LogP contribution in [-0.2, 0) is 0 Å². The SMILES string of the molecule is Brc1cccc(Br)c1OC1=CC(Oc2c(Br)cccc2Br)=NN(Oc2c(Br)cccc2Br)N1. The molecule has 0 saturated heterocycles. The van der Waals surface area contributed by atoms with Crippen LogP contribution in [0.5, 0.6) is 17.2 Å². The largest absolute Gasteiger partial charge is 0.437 e. The van der Waals surface area contributed by atoms with Crippen molar-refractivity contribution in [3.63, 3.8) is 0 Å². The molecule has 0 spiro atoms. The zero-order valence-electron chi connectivity index (χ0n) is 16.2. The first-order valence-electron chi connectivity index (χ1n) is 9.04. The molecule has 3 aromatic carbocycles. The minimum Gasteiger partial charge on any atom is -0.437 e. The quantitative estimate of drug-likeness (QED) is 0.279. The minimum atomic E-state index is 0.225. The van der Waals surface area contributed by atoms with Crippen LogP contribution in [0.15, 0.2) is 98.5 Å². The maximum atomic E-state index is 6.10. The first kappa shape index (κ1) is 25.1. The molecule has 6 nitrogen and oxygen atoms in total. The Hall–Kier alpha value is -1.05. The number of ether oxygens (including phenoxy) is 2. The normalized spacial score (nSPS) is 13.1. The molecule has 0 aromatic heterocycles. The first-order chi connectivity index (χ1) is 15.8. The van der Waals surface area contributed by atoms with Gasteiger partial charge in [-0.3, -0.25) is 0 Å². The molecule has 3 aromatic rings. The second-order valence-corrected chi connectivity index (χ2v) is 11.4. The molecule has 0 aliphatic carbocycles. The highest BCUT2D eigenvalue weighted by molar-refractivity contribution is 9.11. The van der Waals surface area contributed by atoms with E-state index in [-0.39, 0.29) is 5.90 Å². The Morgan fingerprint density at radius 1 is 0.606 bits per heavy atom. The third-order valence-corrected chi connectivity index (χ3v) is 7.75. The van der Waals surface area contributed by atoms with Crippen LogP contribution >= 0.6 is 95.6 Å². The fourth-order valence-corrected chi connectivity index (χ4v) is 6.02. The predicted octanol–water partition coefficient (Wildman–Crippen LogP) is 8.69. The molecule has 1 N–H and O–H groups in total. The number of para-hydroxylation sites is 3. The van der Waals surface area contributed by atoms with Crippen LogP contribution in [0, 0.1) is 0 Å². The predicted molar refractivity (Wildman–Crippen MR) is 148 cm³/mol. The monoisotopic (exact) mass is 827 g/mol. The van der Waals surface area contributed by atoms with Crippen molar-refractivity contribution >= 4 is 101 Å². The second kappa shape index (κ2) is 11.1. The van der Waals surface area contributed by atoms with Gasteiger partial charge in [0, 0.05) is 0 Å². The number of hydrogen-bond acceptors (Lipinski definition) is 6. The summed E-state index contributed by atoms with van der Waals surface area (Å²) in [5.74, 6) is 2.18. The number of rotatable bonds is 5. The van der Waals surface area contributed by atoms with Crippen LogP contribution in [0.3, 0.4) is 0 Å². The van der Waals surface area contributed by atoms with E-state index in [1.807, 2.05) is 54.6 Å². The van der Waals surface area contributed by atoms with E-state index < -0.39 is 0 Å². The lowest BCUT2D eigenvalue weighted by molar-refractivity contribution is -0.108. The van der Waals surface area contributed by atoms with E-state index in [9.17, 15) is 0 Å². The molecule has 0 atom stereocenters. The number of hydrazine groups is 1. The molecule has 0 radical (unpaired) electrons. The summed E-state index contributed by atoms with van der Waals surface area (Å²) in [4.78, 5) is 5.97. The van der Waals surface area contributed by atoms with Crippen molar-refractivity contribution in [2.24, 2.45) is 5.10 Å². The molecule has 1 aliphatic heterocycles. The molecule has 12 heteroatoms. The van der Waals surface area contributed by atoms with Crippen molar-refractivity contribution < 1.29 is 14.3 Å². The Morgan fingerprint density at radius 3 is 1.52 bits per heavy atom. The number of hydrazone groups is 1. The van der Waals surface area contributed by atoms with Gasteiger partial charge in [-0.1, -0.05) is 23.3 Å². The van der Waals surface area contributed by atoms with Gasteiger partial charge >= 0.3 is 0 Å². The summed E-state index contributed by atoms with van der Waals surface area (Å²) in [7, 11) is 0. The zero-order valence-corrected chi connectivity index (χ0v) is 25.7. The molecule has 1 heterocycles. The van der Waals surface area contributed by atoms with E-state index >= 15 is 0 Å².